The molecular formula is C9H10ClNO. The van der Waals surface area contributed by atoms with Gasteiger partial charge in [0.2, 0.25) is 0 Å². The topological polar surface area (TPSA) is 21.3 Å². The first kappa shape index (κ1) is 7.90. The molecule has 0 amide bonds. The van der Waals surface area contributed by atoms with Crippen molar-refractivity contribution < 1.29 is 4.74 Å². The van der Waals surface area contributed by atoms with Crippen LogP contribution in [0.1, 0.15) is 11.1 Å². The summed E-state index contributed by atoms with van der Waals surface area (Å²) in [5.74, 6) is 1.02. The molecule has 12 heavy (non-hydrogen) atoms. The fourth-order valence-electron chi connectivity index (χ4n) is 1.43. The van der Waals surface area contributed by atoms with E-state index in [4.69, 9.17) is 16.5 Å². The zero-order chi connectivity index (χ0) is 8.39. The van der Waals surface area contributed by atoms with Crippen LogP contribution in [-0.2, 0) is 13.0 Å². The largest absolute Gasteiger partial charge is 0.493 e. The molecule has 1 aliphatic heterocycles. The summed E-state index contributed by atoms with van der Waals surface area (Å²) in [4.78, 5) is 2.61. The van der Waals surface area contributed by atoms with Gasteiger partial charge in [-0.3, -0.25) is 0 Å². The van der Waals surface area contributed by atoms with Crippen LogP contribution < -0.4 is 9.57 Å². The van der Waals surface area contributed by atoms with Gasteiger partial charge in [-0.1, -0.05) is 12.1 Å². The maximum Gasteiger partial charge on any atom is 0.122 e. The molecular weight excluding hydrogens is 174 g/mol. The molecule has 0 atom stereocenters. The Labute approximate surface area is 76.6 Å². The molecule has 1 aromatic rings. The van der Waals surface area contributed by atoms with E-state index in [2.05, 4.69) is 10.9 Å². The van der Waals surface area contributed by atoms with Gasteiger partial charge in [0, 0.05) is 13.0 Å². The van der Waals surface area contributed by atoms with Crippen molar-refractivity contribution in [2.75, 3.05) is 6.61 Å². The predicted octanol–water partition coefficient (Wildman–Crippen LogP) is 1.86. The van der Waals surface area contributed by atoms with Gasteiger partial charge in [-0.05, 0) is 29.0 Å². The molecule has 1 aliphatic rings. The second-order valence-corrected chi connectivity index (χ2v) is 3.12. The molecule has 64 valence electrons. The minimum Gasteiger partial charge on any atom is -0.493 e. The molecule has 0 saturated heterocycles. The molecule has 0 spiro atoms. The average molecular weight is 184 g/mol. The molecule has 0 unspecified atom stereocenters. The van der Waals surface area contributed by atoms with Crippen LogP contribution in [0.4, 0.5) is 0 Å². The number of hydrogen-bond donors (Lipinski definition) is 1. The van der Waals surface area contributed by atoms with Gasteiger partial charge in [0.05, 0.1) is 6.61 Å². The van der Waals surface area contributed by atoms with E-state index < -0.39 is 0 Å². The lowest BCUT2D eigenvalue weighted by Gasteiger charge is -2.01. The highest BCUT2D eigenvalue weighted by atomic mass is 35.5. The summed E-state index contributed by atoms with van der Waals surface area (Å²) in [5, 5.41) is 0. The van der Waals surface area contributed by atoms with E-state index in [0.717, 1.165) is 18.8 Å². The monoisotopic (exact) mass is 183 g/mol. The van der Waals surface area contributed by atoms with Crippen molar-refractivity contribution in [3.05, 3.63) is 29.3 Å². The SMILES string of the molecule is ClNCc1ccc2c(c1)CCO2. The van der Waals surface area contributed by atoms with Crippen molar-refractivity contribution in [1.82, 2.24) is 4.84 Å². The lowest BCUT2D eigenvalue weighted by atomic mass is 10.1. The normalized spacial score (nSPS) is 14.1. The molecule has 0 radical (unpaired) electrons. The Bertz CT molecular complexity index is 288. The standard InChI is InChI=1S/C9H10ClNO/c10-11-6-7-1-2-9-8(5-7)3-4-12-9/h1-2,5,11H,3-4,6H2. The molecule has 2 rings (SSSR count). The summed E-state index contributed by atoms with van der Waals surface area (Å²) in [5.41, 5.74) is 2.49. The summed E-state index contributed by atoms with van der Waals surface area (Å²) < 4.78 is 5.38. The lowest BCUT2D eigenvalue weighted by molar-refractivity contribution is 0.357. The first-order chi connectivity index (χ1) is 5.90. The van der Waals surface area contributed by atoms with Crippen molar-refractivity contribution >= 4 is 11.8 Å². The number of hydrogen-bond acceptors (Lipinski definition) is 2. The molecule has 0 saturated carbocycles. The Hall–Kier alpha value is -0.730. The Morgan fingerprint density at radius 1 is 1.50 bits per heavy atom. The maximum atomic E-state index is 5.41. The zero-order valence-electron chi connectivity index (χ0n) is 6.64. The van der Waals surface area contributed by atoms with E-state index in [-0.39, 0.29) is 0 Å². The van der Waals surface area contributed by atoms with Crippen LogP contribution >= 0.6 is 11.8 Å². The Morgan fingerprint density at radius 2 is 2.42 bits per heavy atom. The van der Waals surface area contributed by atoms with Gasteiger partial charge in [0.1, 0.15) is 5.75 Å². The quantitative estimate of drug-likeness (QED) is 0.707. The summed E-state index contributed by atoms with van der Waals surface area (Å²) in [6.45, 7) is 1.52. The fourth-order valence-corrected chi connectivity index (χ4v) is 1.58. The van der Waals surface area contributed by atoms with Crippen molar-refractivity contribution in [2.45, 2.75) is 13.0 Å². The molecule has 1 N–H and O–H groups in total. The highest BCUT2D eigenvalue weighted by Gasteiger charge is 2.11. The van der Waals surface area contributed by atoms with E-state index in [1.165, 1.54) is 11.1 Å². The van der Waals surface area contributed by atoms with Crippen LogP contribution in [-0.4, -0.2) is 6.61 Å². The molecule has 0 aromatic heterocycles. The molecule has 0 aliphatic carbocycles. The van der Waals surface area contributed by atoms with E-state index in [1.54, 1.807) is 0 Å². The second kappa shape index (κ2) is 3.33. The summed E-state index contributed by atoms with van der Waals surface area (Å²) in [6, 6.07) is 6.17. The minimum absolute atomic E-state index is 0.703. The van der Waals surface area contributed by atoms with Gasteiger partial charge in [0.15, 0.2) is 0 Å². The van der Waals surface area contributed by atoms with Crippen molar-refractivity contribution in [1.29, 1.82) is 0 Å². The van der Waals surface area contributed by atoms with E-state index >= 15 is 0 Å². The number of fused-ring (bicyclic) bond motifs is 1. The highest BCUT2D eigenvalue weighted by Crippen LogP contribution is 2.25. The summed E-state index contributed by atoms with van der Waals surface area (Å²) in [7, 11) is 0. The number of rotatable bonds is 2. The highest BCUT2D eigenvalue weighted by molar-refractivity contribution is 6.13. The summed E-state index contributed by atoms with van der Waals surface area (Å²) in [6.07, 6.45) is 1.02. The minimum atomic E-state index is 0.703. The predicted molar refractivity (Wildman–Crippen MR) is 48.3 cm³/mol. The van der Waals surface area contributed by atoms with Crippen LogP contribution in [0.2, 0.25) is 0 Å². The van der Waals surface area contributed by atoms with Crippen LogP contribution in [0.3, 0.4) is 0 Å². The fraction of sp³-hybridized carbons (Fsp3) is 0.333. The maximum absolute atomic E-state index is 5.41. The number of nitrogens with one attached hydrogen (secondary N) is 1. The number of halogens is 1. The van der Waals surface area contributed by atoms with E-state index in [0.29, 0.717) is 6.54 Å². The van der Waals surface area contributed by atoms with Gasteiger partial charge in [-0.25, -0.2) is 4.84 Å². The molecule has 0 bridgehead atoms. The third kappa shape index (κ3) is 1.40. The van der Waals surface area contributed by atoms with Crippen LogP contribution in [0.5, 0.6) is 5.75 Å². The molecule has 0 fully saturated rings. The van der Waals surface area contributed by atoms with Crippen molar-refractivity contribution in [3.8, 4) is 5.75 Å². The molecule has 2 nitrogen and oxygen atoms in total. The first-order valence-electron chi connectivity index (χ1n) is 3.98. The second-order valence-electron chi connectivity index (χ2n) is 2.85. The first-order valence-corrected chi connectivity index (χ1v) is 4.36. The van der Waals surface area contributed by atoms with E-state index in [1.807, 2.05) is 12.1 Å². The Balaban J connectivity index is 2.26. The molecule has 1 heterocycles. The van der Waals surface area contributed by atoms with Crippen LogP contribution in [0.25, 0.3) is 0 Å². The average Bonchev–Trinajstić information content (AvgIpc) is 2.51. The van der Waals surface area contributed by atoms with Crippen molar-refractivity contribution in [2.24, 2.45) is 0 Å². The Kier molecular flexibility index (Phi) is 2.19. The third-order valence-electron chi connectivity index (χ3n) is 2.02. The lowest BCUT2D eigenvalue weighted by Crippen LogP contribution is -1.98. The van der Waals surface area contributed by atoms with Gasteiger partial charge in [-0.2, -0.15) is 0 Å². The van der Waals surface area contributed by atoms with Crippen LogP contribution in [0.15, 0.2) is 18.2 Å². The third-order valence-corrected chi connectivity index (χ3v) is 2.16. The van der Waals surface area contributed by atoms with Gasteiger partial charge >= 0.3 is 0 Å². The van der Waals surface area contributed by atoms with Gasteiger partial charge < -0.3 is 4.74 Å². The summed E-state index contributed by atoms with van der Waals surface area (Å²) >= 11 is 5.41. The number of ether oxygens (including phenoxy) is 1. The van der Waals surface area contributed by atoms with E-state index in [9.17, 15) is 0 Å². The van der Waals surface area contributed by atoms with Crippen LogP contribution in [0, 0.1) is 0 Å². The smallest absolute Gasteiger partial charge is 0.122 e. The zero-order valence-corrected chi connectivity index (χ0v) is 7.40. The van der Waals surface area contributed by atoms with Gasteiger partial charge in [0.25, 0.3) is 0 Å². The van der Waals surface area contributed by atoms with Gasteiger partial charge in [-0.15, -0.1) is 0 Å². The van der Waals surface area contributed by atoms with Crippen molar-refractivity contribution in [3.63, 3.8) is 0 Å². The molecule has 1 aromatic carbocycles. The Morgan fingerprint density at radius 3 is 3.25 bits per heavy atom. The number of benzene rings is 1. The molecule has 3 heteroatoms.